The lowest BCUT2D eigenvalue weighted by Crippen LogP contribution is -2.28. The van der Waals surface area contributed by atoms with Gasteiger partial charge in [0, 0.05) is 52.5 Å². The van der Waals surface area contributed by atoms with Crippen molar-refractivity contribution in [3.05, 3.63) is 29.8 Å². The number of rotatable bonds is 7. The van der Waals surface area contributed by atoms with Crippen molar-refractivity contribution in [2.24, 2.45) is 0 Å². The van der Waals surface area contributed by atoms with Crippen molar-refractivity contribution in [3.63, 3.8) is 0 Å². The number of hydrogen-bond donors (Lipinski definition) is 0. The minimum atomic E-state index is 0.184. The van der Waals surface area contributed by atoms with Crippen LogP contribution in [0.4, 0.5) is 5.69 Å². The van der Waals surface area contributed by atoms with Gasteiger partial charge in [-0.05, 0) is 30.9 Å². The van der Waals surface area contributed by atoms with Gasteiger partial charge in [-0.1, -0.05) is 18.2 Å². The Labute approximate surface area is 127 Å². The van der Waals surface area contributed by atoms with E-state index in [4.69, 9.17) is 4.74 Å². The molecule has 0 bridgehead atoms. The molecule has 1 aromatic carbocycles. The molecule has 1 aliphatic rings. The van der Waals surface area contributed by atoms with Gasteiger partial charge in [0.05, 0.1) is 0 Å². The molecule has 0 unspecified atom stereocenters. The SMILES string of the molecule is COCCCC(=O)N(C)Cc1ccccc1N1CCCC1. The Bertz CT molecular complexity index is 456. The van der Waals surface area contributed by atoms with E-state index in [2.05, 4.69) is 29.2 Å². The summed E-state index contributed by atoms with van der Waals surface area (Å²) >= 11 is 0. The van der Waals surface area contributed by atoms with Crippen molar-refractivity contribution < 1.29 is 9.53 Å². The molecule has 0 radical (unpaired) electrons. The van der Waals surface area contributed by atoms with Crippen LogP contribution in [-0.4, -0.2) is 44.7 Å². The second-order valence-electron chi connectivity index (χ2n) is 5.67. The van der Waals surface area contributed by atoms with Gasteiger partial charge in [-0.15, -0.1) is 0 Å². The smallest absolute Gasteiger partial charge is 0.222 e. The maximum Gasteiger partial charge on any atom is 0.222 e. The van der Waals surface area contributed by atoms with Gasteiger partial charge < -0.3 is 14.5 Å². The summed E-state index contributed by atoms with van der Waals surface area (Å²) in [6, 6.07) is 8.44. The predicted molar refractivity (Wildman–Crippen MR) is 85.5 cm³/mol. The molecule has 4 nitrogen and oxygen atoms in total. The minimum absolute atomic E-state index is 0.184. The zero-order valence-corrected chi connectivity index (χ0v) is 13.2. The summed E-state index contributed by atoms with van der Waals surface area (Å²) in [6.07, 6.45) is 3.86. The van der Waals surface area contributed by atoms with E-state index in [0.29, 0.717) is 19.6 Å². The van der Waals surface area contributed by atoms with E-state index in [1.165, 1.54) is 24.1 Å². The monoisotopic (exact) mass is 290 g/mol. The first-order chi connectivity index (χ1) is 10.2. The summed E-state index contributed by atoms with van der Waals surface area (Å²) in [5.41, 5.74) is 2.52. The van der Waals surface area contributed by atoms with Crippen molar-refractivity contribution in [2.75, 3.05) is 38.8 Å². The van der Waals surface area contributed by atoms with Gasteiger partial charge >= 0.3 is 0 Å². The van der Waals surface area contributed by atoms with E-state index in [-0.39, 0.29) is 5.91 Å². The van der Waals surface area contributed by atoms with Gasteiger partial charge in [0.15, 0.2) is 0 Å². The normalized spacial score (nSPS) is 14.5. The fraction of sp³-hybridized carbons (Fsp3) is 0.588. The largest absolute Gasteiger partial charge is 0.385 e. The van der Waals surface area contributed by atoms with Crippen LogP contribution in [0.15, 0.2) is 24.3 Å². The van der Waals surface area contributed by atoms with Gasteiger partial charge in [0.1, 0.15) is 0 Å². The number of nitrogens with zero attached hydrogens (tertiary/aromatic N) is 2. The van der Waals surface area contributed by atoms with Gasteiger partial charge in [-0.25, -0.2) is 0 Å². The number of carbonyl (C=O) groups excluding carboxylic acids is 1. The van der Waals surface area contributed by atoms with Crippen LogP contribution in [-0.2, 0) is 16.1 Å². The molecule has 2 rings (SSSR count). The Kier molecular flexibility index (Phi) is 6.05. The first kappa shape index (κ1) is 15.8. The number of benzene rings is 1. The average Bonchev–Trinajstić information content (AvgIpc) is 3.02. The van der Waals surface area contributed by atoms with Crippen LogP contribution in [0.25, 0.3) is 0 Å². The fourth-order valence-corrected chi connectivity index (χ4v) is 2.81. The zero-order valence-electron chi connectivity index (χ0n) is 13.2. The third-order valence-corrected chi connectivity index (χ3v) is 4.01. The summed E-state index contributed by atoms with van der Waals surface area (Å²) in [5, 5.41) is 0. The maximum absolute atomic E-state index is 12.1. The standard InChI is InChI=1S/C17H26N2O2/c1-18(17(20)10-7-13-21-2)14-15-8-3-4-9-16(15)19-11-5-6-12-19/h3-4,8-9H,5-7,10-14H2,1-2H3. The Morgan fingerprint density at radius 3 is 2.71 bits per heavy atom. The number of para-hydroxylation sites is 1. The summed E-state index contributed by atoms with van der Waals surface area (Å²) < 4.78 is 5.00. The summed E-state index contributed by atoms with van der Waals surface area (Å²) in [7, 11) is 3.55. The molecule has 1 saturated heterocycles. The van der Waals surface area contributed by atoms with E-state index in [1.54, 1.807) is 7.11 Å². The van der Waals surface area contributed by atoms with Gasteiger partial charge in [-0.2, -0.15) is 0 Å². The summed E-state index contributed by atoms with van der Waals surface area (Å²) in [6.45, 7) is 3.58. The van der Waals surface area contributed by atoms with Gasteiger partial charge in [-0.3, -0.25) is 4.79 Å². The topological polar surface area (TPSA) is 32.8 Å². The van der Waals surface area contributed by atoms with Crippen molar-refractivity contribution >= 4 is 11.6 Å². The molecule has 1 fully saturated rings. The van der Waals surface area contributed by atoms with Crippen molar-refractivity contribution in [3.8, 4) is 0 Å². The highest BCUT2D eigenvalue weighted by Gasteiger charge is 2.17. The molecule has 116 valence electrons. The summed E-state index contributed by atoms with van der Waals surface area (Å²) in [5.74, 6) is 0.184. The Hall–Kier alpha value is -1.55. The molecular formula is C17H26N2O2. The van der Waals surface area contributed by atoms with E-state index in [9.17, 15) is 4.79 Å². The molecule has 0 aliphatic carbocycles. The van der Waals surface area contributed by atoms with Crippen molar-refractivity contribution in [1.29, 1.82) is 0 Å². The van der Waals surface area contributed by atoms with Crippen LogP contribution in [0, 0.1) is 0 Å². The second-order valence-corrected chi connectivity index (χ2v) is 5.67. The van der Waals surface area contributed by atoms with Crippen molar-refractivity contribution in [1.82, 2.24) is 4.90 Å². The van der Waals surface area contributed by atoms with Crippen LogP contribution in [0.2, 0.25) is 0 Å². The van der Waals surface area contributed by atoms with Crippen LogP contribution < -0.4 is 4.90 Å². The van der Waals surface area contributed by atoms with E-state index in [1.807, 2.05) is 11.9 Å². The molecule has 1 amide bonds. The highest BCUT2D eigenvalue weighted by atomic mass is 16.5. The third kappa shape index (κ3) is 4.46. The third-order valence-electron chi connectivity index (χ3n) is 4.01. The highest BCUT2D eigenvalue weighted by molar-refractivity contribution is 5.76. The molecule has 4 heteroatoms. The van der Waals surface area contributed by atoms with E-state index >= 15 is 0 Å². The number of methoxy groups -OCH3 is 1. The second kappa shape index (κ2) is 8.03. The van der Waals surface area contributed by atoms with Crippen LogP contribution >= 0.6 is 0 Å². The summed E-state index contributed by atoms with van der Waals surface area (Å²) in [4.78, 5) is 16.4. The minimum Gasteiger partial charge on any atom is -0.385 e. The number of amides is 1. The molecule has 0 aromatic heterocycles. The average molecular weight is 290 g/mol. The molecular weight excluding hydrogens is 264 g/mol. The lowest BCUT2D eigenvalue weighted by atomic mass is 10.1. The molecule has 0 N–H and O–H groups in total. The van der Waals surface area contributed by atoms with Crippen molar-refractivity contribution in [2.45, 2.75) is 32.2 Å². The molecule has 1 heterocycles. The Morgan fingerprint density at radius 1 is 1.29 bits per heavy atom. The van der Waals surface area contributed by atoms with Crippen LogP contribution in [0.5, 0.6) is 0 Å². The lowest BCUT2D eigenvalue weighted by Gasteiger charge is -2.24. The quantitative estimate of drug-likeness (QED) is 0.724. The molecule has 21 heavy (non-hydrogen) atoms. The molecule has 0 saturated carbocycles. The molecule has 0 spiro atoms. The first-order valence-electron chi connectivity index (χ1n) is 7.78. The Morgan fingerprint density at radius 2 is 2.00 bits per heavy atom. The van der Waals surface area contributed by atoms with Crippen LogP contribution in [0.1, 0.15) is 31.2 Å². The predicted octanol–water partition coefficient (Wildman–Crippen LogP) is 2.67. The Balaban J connectivity index is 1.96. The number of anilines is 1. The number of hydrogen-bond acceptors (Lipinski definition) is 3. The lowest BCUT2D eigenvalue weighted by molar-refractivity contribution is -0.130. The highest BCUT2D eigenvalue weighted by Crippen LogP contribution is 2.25. The molecule has 0 atom stereocenters. The van der Waals surface area contributed by atoms with E-state index in [0.717, 1.165) is 19.5 Å². The fourth-order valence-electron chi connectivity index (χ4n) is 2.81. The molecule has 1 aliphatic heterocycles. The number of carbonyl (C=O) groups is 1. The molecule has 1 aromatic rings. The number of ether oxygens (including phenoxy) is 1. The van der Waals surface area contributed by atoms with Crippen LogP contribution in [0.3, 0.4) is 0 Å². The van der Waals surface area contributed by atoms with Gasteiger partial charge in [0.2, 0.25) is 5.91 Å². The maximum atomic E-state index is 12.1. The van der Waals surface area contributed by atoms with E-state index < -0.39 is 0 Å². The van der Waals surface area contributed by atoms with Gasteiger partial charge in [0.25, 0.3) is 0 Å². The zero-order chi connectivity index (χ0) is 15.1. The first-order valence-corrected chi connectivity index (χ1v) is 7.78.